The number of phenols is 3. The van der Waals surface area contributed by atoms with Crippen LogP contribution in [0.15, 0.2) is 48.8 Å². The third-order valence-corrected chi connectivity index (χ3v) is 5.99. The van der Waals surface area contributed by atoms with Gasteiger partial charge in [0, 0.05) is 12.0 Å². The first-order chi connectivity index (χ1) is 15.4. The van der Waals surface area contributed by atoms with Gasteiger partial charge in [-0.05, 0) is 55.0 Å². The third-order valence-electron chi connectivity index (χ3n) is 5.99. The van der Waals surface area contributed by atoms with Crippen molar-refractivity contribution in [3.63, 3.8) is 0 Å². The van der Waals surface area contributed by atoms with Crippen LogP contribution in [0.1, 0.15) is 47.6 Å². The van der Waals surface area contributed by atoms with Crippen LogP contribution in [0.25, 0.3) is 0 Å². The first kappa shape index (κ1) is 22.0. The number of benzene rings is 2. The van der Waals surface area contributed by atoms with Crippen LogP contribution >= 0.6 is 0 Å². The third kappa shape index (κ3) is 4.84. The summed E-state index contributed by atoms with van der Waals surface area (Å²) >= 11 is 0. The number of aromatic hydroxyl groups is 3. The van der Waals surface area contributed by atoms with E-state index in [0.717, 1.165) is 17.5 Å². The Morgan fingerprint density at radius 3 is 2.53 bits per heavy atom. The summed E-state index contributed by atoms with van der Waals surface area (Å²) in [6, 6.07) is 10.4. The average molecular weight is 439 g/mol. The molecule has 0 radical (unpaired) electrons. The molecule has 0 bridgehead atoms. The molecule has 32 heavy (non-hydrogen) atoms. The zero-order valence-corrected chi connectivity index (χ0v) is 17.9. The van der Waals surface area contributed by atoms with Crippen molar-refractivity contribution >= 4 is 0 Å². The Morgan fingerprint density at radius 2 is 1.84 bits per heavy atom. The molecular formula is C25H28NO6-. The Kier molecular flexibility index (Phi) is 6.58. The van der Waals surface area contributed by atoms with E-state index in [-0.39, 0.29) is 29.1 Å². The summed E-state index contributed by atoms with van der Waals surface area (Å²) in [6.45, 7) is 0. The van der Waals surface area contributed by atoms with E-state index in [2.05, 4.69) is 4.98 Å². The zero-order chi connectivity index (χ0) is 22.7. The number of aromatic nitrogens is 1. The van der Waals surface area contributed by atoms with Crippen molar-refractivity contribution in [2.45, 2.75) is 50.4 Å². The van der Waals surface area contributed by atoms with Crippen molar-refractivity contribution in [3.05, 3.63) is 71.0 Å². The molecule has 4 N–H and O–H groups in total. The van der Waals surface area contributed by atoms with Gasteiger partial charge < -0.3 is 34.9 Å². The Labute approximate surface area is 186 Å². The van der Waals surface area contributed by atoms with Gasteiger partial charge in [-0.15, -0.1) is 0 Å². The summed E-state index contributed by atoms with van der Waals surface area (Å²) in [4.78, 5) is 4.10. The Morgan fingerprint density at radius 1 is 1.06 bits per heavy atom. The van der Waals surface area contributed by atoms with E-state index in [0.29, 0.717) is 36.8 Å². The summed E-state index contributed by atoms with van der Waals surface area (Å²) < 4.78 is 11.8. The highest BCUT2D eigenvalue weighted by molar-refractivity contribution is 5.59. The van der Waals surface area contributed by atoms with Gasteiger partial charge in [0.1, 0.15) is 5.75 Å². The summed E-state index contributed by atoms with van der Waals surface area (Å²) in [5, 5.41) is 40.7. The lowest BCUT2D eigenvalue weighted by atomic mass is 9.89. The molecule has 1 aliphatic rings. The van der Waals surface area contributed by atoms with Crippen molar-refractivity contribution in [2.75, 3.05) is 7.11 Å². The fourth-order valence-electron chi connectivity index (χ4n) is 4.38. The van der Waals surface area contributed by atoms with E-state index in [1.807, 2.05) is 18.2 Å². The standard InChI is InChI=1S/C25H28NO6/c1-31-25-21(10-16-8-9-26-14-16)20(13-22(29)24(25)30)23-12-18(28)11-19(32-23)7-4-15-2-5-17(27)6-3-15/h2-3,5-6,8-9,13-14,18-19,23,27-30H,4,7,10-12H2,1H3/q-1. The van der Waals surface area contributed by atoms with E-state index in [4.69, 9.17) is 9.47 Å². The number of ether oxygens (including phenoxy) is 2. The monoisotopic (exact) mass is 438 g/mol. The van der Waals surface area contributed by atoms with E-state index < -0.39 is 12.2 Å². The van der Waals surface area contributed by atoms with Gasteiger partial charge in [0.2, 0.25) is 5.75 Å². The van der Waals surface area contributed by atoms with Crippen LogP contribution in [0, 0.1) is 0 Å². The van der Waals surface area contributed by atoms with E-state index in [1.54, 1.807) is 24.5 Å². The smallest absolute Gasteiger partial charge is 0.200 e. The molecule has 3 aromatic rings. The molecule has 170 valence electrons. The first-order valence-corrected chi connectivity index (χ1v) is 10.7. The Bertz CT molecular complexity index is 1030. The number of hydrogen-bond acceptors (Lipinski definition) is 6. The predicted octanol–water partition coefficient (Wildman–Crippen LogP) is 3.57. The molecular weight excluding hydrogens is 410 g/mol. The molecule has 0 amide bonds. The second kappa shape index (κ2) is 9.54. The van der Waals surface area contributed by atoms with Crippen LogP contribution < -0.4 is 9.72 Å². The topological polar surface area (TPSA) is 113 Å². The quantitative estimate of drug-likeness (QED) is 0.417. The summed E-state index contributed by atoms with van der Waals surface area (Å²) in [6.07, 6.45) is 5.07. The molecule has 4 rings (SSSR count). The second-order valence-corrected chi connectivity index (χ2v) is 8.27. The fourth-order valence-corrected chi connectivity index (χ4v) is 4.38. The van der Waals surface area contributed by atoms with Gasteiger partial charge in [0.05, 0.1) is 25.4 Å². The second-order valence-electron chi connectivity index (χ2n) is 8.27. The molecule has 7 heteroatoms. The molecule has 2 heterocycles. The highest BCUT2D eigenvalue weighted by atomic mass is 16.5. The van der Waals surface area contributed by atoms with Crippen LogP contribution in [0.3, 0.4) is 0 Å². The molecule has 0 saturated carbocycles. The molecule has 1 fully saturated rings. The number of methoxy groups -OCH3 is 1. The van der Waals surface area contributed by atoms with Gasteiger partial charge in [-0.3, -0.25) is 0 Å². The van der Waals surface area contributed by atoms with Gasteiger partial charge in [-0.25, -0.2) is 0 Å². The maximum absolute atomic E-state index is 10.6. The first-order valence-electron chi connectivity index (χ1n) is 10.7. The lowest BCUT2D eigenvalue weighted by molar-refractivity contribution is -0.100. The minimum atomic E-state index is -0.547. The van der Waals surface area contributed by atoms with E-state index in [9.17, 15) is 20.4 Å². The van der Waals surface area contributed by atoms with Crippen molar-refractivity contribution in [1.82, 2.24) is 4.98 Å². The molecule has 7 nitrogen and oxygen atoms in total. The zero-order valence-electron chi connectivity index (χ0n) is 17.9. The minimum absolute atomic E-state index is 0.173. The number of aliphatic hydroxyl groups is 1. The number of nitrogens with zero attached hydrogens (tertiary/aromatic N) is 1. The molecule has 1 aliphatic heterocycles. The average Bonchev–Trinajstić information content (AvgIpc) is 3.29. The van der Waals surface area contributed by atoms with Crippen LogP contribution in [0.5, 0.6) is 23.0 Å². The summed E-state index contributed by atoms with van der Waals surface area (Å²) in [5.41, 5.74) is 3.41. The van der Waals surface area contributed by atoms with Crippen LogP contribution in [0.4, 0.5) is 0 Å². The molecule has 1 saturated heterocycles. The van der Waals surface area contributed by atoms with Crippen molar-refractivity contribution in [3.8, 4) is 23.0 Å². The van der Waals surface area contributed by atoms with Gasteiger partial charge in [0.15, 0.2) is 11.5 Å². The highest BCUT2D eigenvalue weighted by Crippen LogP contribution is 2.46. The molecule has 1 aromatic heterocycles. The van der Waals surface area contributed by atoms with E-state index in [1.165, 1.54) is 13.2 Å². The van der Waals surface area contributed by atoms with Crippen LogP contribution in [-0.4, -0.2) is 39.7 Å². The largest absolute Gasteiger partial charge is 0.670 e. The Balaban J connectivity index is 1.59. The number of aliphatic hydroxyl groups excluding tert-OH is 1. The van der Waals surface area contributed by atoms with Gasteiger partial charge in [-0.1, -0.05) is 23.8 Å². The number of phenolic OH excluding ortho intramolecular Hbond substituents is 3. The number of aryl methyl sites for hydroxylation is 1. The molecule has 3 atom stereocenters. The fraction of sp³-hybridized carbons (Fsp3) is 0.360. The lowest BCUT2D eigenvalue weighted by Gasteiger charge is -2.35. The molecule has 0 spiro atoms. The maximum Gasteiger partial charge on any atom is 0.200 e. The highest BCUT2D eigenvalue weighted by Gasteiger charge is 2.32. The Hall–Kier alpha value is -3.16. The van der Waals surface area contributed by atoms with Gasteiger partial charge in [-0.2, -0.15) is 12.4 Å². The minimum Gasteiger partial charge on any atom is -0.670 e. The van der Waals surface area contributed by atoms with Crippen molar-refractivity contribution in [1.29, 1.82) is 0 Å². The van der Waals surface area contributed by atoms with E-state index >= 15 is 0 Å². The number of rotatable bonds is 7. The lowest BCUT2D eigenvalue weighted by Crippen LogP contribution is -2.32. The molecule has 0 aliphatic carbocycles. The normalized spacial score (nSPS) is 20.9. The number of hydrogen-bond donors (Lipinski definition) is 4. The maximum atomic E-state index is 10.6. The summed E-state index contributed by atoms with van der Waals surface area (Å²) in [7, 11) is 1.45. The van der Waals surface area contributed by atoms with Crippen LogP contribution in [0.2, 0.25) is 0 Å². The SMILES string of the molecule is COc1c(O)c(O)cc(C2CC(O)CC(CCc3ccc(O)cc3)O2)c1Cc1cc[n-]c1. The molecule has 3 unspecified atom stereocenters. The van der Waals surface area contributed by atoms with Gasteiger partial charge >= 0.3 is 0 Å². The van der Waals surface area contributed by atoms with Crippen molar-refractivity contribution < 1.29 is 29.9 Å². The van der Waals surface area contributed by atoms with Crippen LogP contribution in [-0.2, 0) is 17.6 Å². The van der Waals surface area contributed by atoms with Gasteiger partial charge in [0.25, 0.3) is 0 Å². The molecule has 2 aromatic carbocycles. The summed E-state index contributed by atoms with van der Waals surface area (Å²) in [5.74, 6) is -0.172. The van der Waals surface area contributed by atoms with Crippen molar-refractivity contribution in [2.24, 2.45) is 0 Å². The predicted molar refractivity (Wildman–Crippen MR) is 118 cm³/mol.